The number of carbonyl (C=O) groups excluding carboxylic acids is 1. The molecule has 1 aliphatic rings. The lowest BCUT2D eigenvalue weighted by molar-refractivity contribution is 0.0966. The number of rotatable bonds is 5. The van der Waals surface area contributed by atoms with Crippen LogP contribution in [0.3, 0.4) is 0 Å². The molecule has 6 rings (SSSR count). The van der Waals surface area contributed by atoms with Gasteiger partial charge in [0.05, 0.1) is 17.0 Å². The molecule has 0 N–H and O–H groups in total. The summed E-state index contributed by atoms with van der Waals surface area (Å²) in [7, 11) is -1.02. The van der Waals surface area contributed by atoms with Crippen molar-refractivity contribution in [1.82, 2.24) is 9.13 Å². The third-order valence-corrected chi connectivity index (χ3v) is 9.07. The van der Waals surface area contributed by atoms with E-state index in [1.165, 1.54) is 12.1 Å². The minimum Gasteiger partial charge on any atom is -0.351 e. The lowest BCUT2D eigenvalue weighted by atomic mass is 9.96. The number of aryl methyl sites for hydroxylation is 1. The Labute approximate surface area is 208 Å². The zero-order chi connectivity index (χ0) is 25.0. The third kappa shape index (κ3) is 4.03. The van der Waals surface area contributed by atoms with E-state index in [1.54, 1.807) is 12.1 Å². The Morgan fingerprint density at radius 1 is 1.00 bits per heavy atom. The third-order valence-electron chi connectivity index (χ3n) is 7.23. The van der Waals surface area contributed by atoms with Gasteiger partial charge < -0.3 is 9.13 Å². The average molecular weight is 501 g/mol. The molecule has 2 aromatic heterocycles. The summed E-state index contributed by atoms with van der Waals surface area (Å²) in [6.45, 7) is 0. The Bertz CT molecular complexity index is 1750. The van der Waals surface area contributed by atoms with Crippen LogP contribution in [0.1, 0.15) is 23.2 Å². The van der Waals surface area contributed by atoms with E-state index in [1.807, 2.05) is 42.2 Å². The van der Waals surface area contributed by atoms with Gasteiger partial charge in [-0.2, -0.15) is 0 Å². The Morgan fingerprint density at radius 2 is 1.81 bits per heavy atom. The Morgan fingerprint density at radius 3 is 2.56 bits per heavy atom. The second kappa shape index (κ2) is 8.45. The van der Waals surface area contributed by atoms with Crippen molar-refractivity contribution in [3.05, 3.63) is 90.5 Å². The molecule has 1 aliphatic heterocycles. The second-order valence-corrected chi connectivity index (χ2v) is 11.9. The van der Waals surface area contributed by atoms with Crippen molar-refractivity contribution in [3.63, 3.8) is 0 Å². The zero-order valence-corrected chi connectivity index (χ0v) is 20.6. The number of fused-ring (bicyclic) bond motifs is 2. The predicted molar refractivity (Wildman–Crippen MR) is 141 cm³/mol. The minimum absolute atomic E-state index is 0.0573. The van der Waals surface area contributed by atoms with Gasteiger partial charge in [0.15, 0.2) is 15.6 Å². The first-order valence-electron chi connectivity index (χ1n) is 12.0. The van der Waals surface area contributed by atoms with Gasteiger partial charge in [-0.05, 0) is 66.4 Å². The summed E-state index contributed by atoms with van der Waals surface area (Å²) in [5.74, 6) is -0.258. The first-order valence-corrected chi connectivity index (χ1v) is 13.8. The molecule has 182 valence electrons. The van der Waals surface area contributed by atoms with Crippen molar-refractivity contribution in [3.8, 4) is 16.8 Å². The second-order valence-electron chi connectivity index (χ2n) is 9.72. The van der Waals surface area contributed by atoms with Gasteiger partial charge in [-0.1, -0.05) is 18.2 Å². The zero-order valence-electron chi connectivity index (χ0n) is 19.8. The van der Waals surface area contributed by atoms with E-state index in [-0.39, 0.29) is 35.4 Å². The number of sulfone groups is 1. The largest absolute Gasteiger partial charge is 0.351 e. The number of aromatic nitrogens is 2. The molecule has 0 spiro atoms. The highest BCUT2D eigenvalue weighted by atomic mass is 32.2. The Kier molecular flexibility index (Phi) is 5.34. The van der Waals surface area contributed by atoms with Gasteiger partial charge in [-0.3, -0.25) is 4.79 Å². The summed E-state index contributed by atoms with van der Waals surface area (Å²) in [6, 6.07) is 20.4. The molecule has 36 heavy (non-hydrogen) atoms. The number of halogens is 1. The van der Waals surface area contributed by atoms with Crippen LogP contribution in [-0.4, -0.2) is 34.8 Å². The maximum Gasteiger partial charge on any atom is 0.163 e. The topological polar surface area (TPSA) is 61.1 Å². The molecule has 0 aliphatic carbocycles. The van der Waals surface area contributed by atoms with Crippen LogP contribution in [0.25, 0.3) is 38.6 Å². The molecule has 5 aromatic rings. The highest BCUT2D eigenvalue weighted by Crippen LogP contribution is 2.35. The highest BCUT2D eigenvalue weighted by molar-refractivity contribution is 7.91. The van der Waals surface area contributed by atoms with Crippen molar-refractivity contribution in [2.24, 2.45) is 13.0 Å². The molecule has 0 bridgehead atoms. The van der Waals surface area contributed by atoms with E-state index in [4.69, 9.17) is 0 Å². The maximum absolute atomic E-state index is 13.7. The number of ketones is 1. The molecule has 1 saturated heterocycles. The molecule has 3 heterocycles. The first kappa shape index (κ1) is 22.7. The van der Waals surface area contributed by atoms with E-state index >= 15 is 0 Å². The normalized spacial score (nSPS) is 17.2. The van der Waals surface area contributed by atoms with Gasteiger partial charge in [0.1, 0.15) is 5.82 Å². The lowest BCUT2D eigenvalue weighted by Crippen LogP contribution is -2.10. The standard InChI is InChI=1S/C29H25FN2O3S/c1-31-12-10-21-15-20(3-9-27(21)31)26-17-32(24-6-4-23(30)5-7-24)28-16-22(2-8-25(26)28)29(33)14-19-11-13-36(34,35)18-19/h2-10,12,15-17,19H,11,13-14,18H2,1H3. The van der Waals surface area contributed by atoms with E-state index in [2.05, 4.69) is 28.8 Å². The average Bonchev–Trinajstić information content (AvgIpc) is 3.53. The number of hydrogen-bond donors (Lipinski definition) is 0. The van der Waals surface area contributed by atoms with Crippen molar-refractivity contribution in [2.75, 3.05) is 11.5 Å². The fourth-order valence-corrected chi connectivity index (χ4v) is 7.17. The van der Waals surface area contributed by atoms with Crippen LogP contribution >= 0.6 is 0 Å². The van der Waals surface area contributed by atoms with Crippen molar-refractivity contribution >= 4 is 37.4 Å². The van der Waals surface area contributed by atoms with Gasteiger partial charge in [0, 0.05) is 59.0 Å². The van der Waals surface area contributed by atoms with Gasteiger partial charge in [-0.25, -0.2) is 12.8 Å². The van der Waals surface area contributed by atoms with Crippen molar-refractivity contribution < 1.29 is 17.6 Å². The van der Waals surface area contributed by atoms with Crippen molar-refractivity contribution in [1.29, 1.82) is 0 Å². The molecule has 5 nitrogen and oxygen atoms in total. The molecular weight excluding hydrogens is 475 g/mol. The SMILES string of the molecule is Cn1ccc2cc(-c3cn(-c4ccc(F)cc4)c4cc(C(=O)CC5CCS(=O)(=O)C5)ccc34)ccc21. The Hall–Kier alpha value is -3.71. The summed E-state index contributed by atoms with van der Waals surface area (Å²) in [6.07, 6.45) is 4.82. The lowest BCUT2D eigenvalue weighted by Gasteiger charge is -2.09. The van der Waals surface area contributed by atoms with Crippen LogP contribution in [0.4, 0.5) is 4.39 Å². The number of benzene rings is 3. The van der Waals surface area contributed by atoms with Crippen LogP contribution < -0.4 is 0 Å². The summed E-state index contributed by atoms with van der Waals surface area (Å²) >= 11 is 0. The highest BCUT2D eigenvalue weighted by Gasteiger charge is 2.29. The number of Topliss-reactive ketones (excluding diaryl/α,β-unsaturated/α-hetero) is 1. The van der Waals surface area contributed by atoms with Crippen LogP contribution in [0.15, 0.2) is 79.1 Å². The number of nitrogens with zero attached hydrogens (tertiary/aromatic N) is 2. The van der Waals surface area contributed by atoms with Crippen LogP contribution in [0, 0.1) is 11.7 Å². The molecule has 1 fully saturated rings. The van der Waals surface area contributed by atoms with Gasteiger partial charge in [0.2, 0.25) is 0 Å². The molecular formula is C29H25FN2O3S. The smallest absolute Gasteiger partial charge is 0.163 e. The molecule has 0 radical (unpaired) electrons. The van der Waals surface area contributed by atoms with Crippen LogP contribution in [-0.2, 0) is 16.9 Å². The molecule has 0 saturated carbocycles. The quantitative estimate of drug-likeness (QED) is 0.281. The molecule has 0 amide bonds. The summed E-state index contributed by atoms with van der Waals surface area (Å²) in [4.78, 5) is 13.1. The monoisotopic (exact) mass is 500 g/mol. The fourth-order valence-electron chi connectivity index (χ4n) is 5.31. The summed E-state index contributed by atoms with van der Waals surface area (Å²) < 4.78 is 41.4. The Balaban J connectivity index is 1.46. The fraction of sp³-hybridized carbons (Fsp3) is 0.207. The molecule has 7 heteroatoms. The van der Waals surface area contributed by atoms with E-state index in [0.29, 0.717) is 12.0 Å². The minimum atomic E-state index is -3.03. The molecule has 3 aromatic carbocycles. The maximum atomic E-state index is 13.7. The van der Waals surface area contributed by atoms with Gasteiger partial charge >= 0.3 is 0 Å². The summed E-state index contributed by atoms with van der Waals surface area (Å²) in [5.41, 5.74) is 5.39. The van der Waals surface area contributed by atoms with Gasteiger partial charge in [0.25, 0.3) is 0 Å². The number of carbonyl (C=O) groups is 1. The summed E-state index contributed by atoms with van der Waals surface area (Å²) in [5, 5.41) is 2.12. The van der Waals surface area contributed by atoms with Gasteiger partial charge in [-0.15, -0.1) is 0 Å². The predicted octanol–water partition coefficient (Wildman–Crippen LogP) is 5.94. The molecule has 1 unspecified atom stereocenters. The van der Waals surface area contributed by atoms with E-state index in [0.717, 1.165) is 38.6 Å². The van der Waals surface area contributed by atoms with Crippen LogP contribution in [0.2, 0.25) is 0 Å². The first-order chi connectivity index (χ1) is 17.3. The van der Waals surface area contributed by atoms with Crippen LogP contribution in [0.5, 0.6) is 0 Å². The van der Waals surface area contributed by atoms with E-state index < -0.39 is 9.84 Å². The number of hydrogen-bond acceptors (Lipinski definition) is 3. The van der Waals surface area contributed by atoms with Crippen molar-refractivity contribution in [2.45, 2.75) is 12.8 Å². The van der Waals surface area contributed by atoms with E-state index in [9.17, 15) is 17.6 Å². The molecule has 1 atom stereocenters.